The van der Waals surface area contributed by atoms with E-state index >= 15 is 0 Å². The zero-order valence-corrected chi connectivity index (χ0v) is 10.4. The van der Waals surface area contributed by atoms with Gasteiger partial charge in [-0.2, -0.15) is 5.26 Å². The van der Waals surface area contributed by atoms with Crippen molar-refractivity contribution in [3.05, 3.63) is 47.5 Å². The Morgan fingerprint density at radius 2 is 2.39 bits per heavy atom. The Labute approximate surface area is 107 Å². The van der Waals surface area contributed by atoms with Crippen LogP contribution in [0.25, 0.3) is 0 Å². The normalized spacial score (nSPS) is 22.3. The molecule has 3 nitrogen and oxygen atoms in total. The number of nitrogens with zero attached hydrogens (tertiary/aromatic N) is 1. The summed E-state index contributed by atoms with van der Waals surface area (Å²) in [7, 11) is 0. The lowest BCUT2D eigenvalue weighted by Crippen LogP contribution is -2.21. The van der Waals surface area contributed by atoms with Gasteiger partial charge >= 0.3 is 0 Å². The number of aryl methyl sites for hydroxylation is 1. The van der Waals surface area contributed by atoms with Gasteiger partial charge in [0.15, 0.2) is 0 Å². The number of nitriles is 1. The van der Waals surface area contributed by atoms with Crippen molar-refractivity contribution >= 4 is 5.91 Å². The summed E-state index contributed by atoms with van der Waals surface area (Å²) in [6.45, 7) is 5.59. The SMILES string of the molecule is C=CCC1CC(c2ccc(C#N)c(C)c2)NC1=O. The van der Waals surface area contributed by atoms with Crippen LogP contribution >= 0.6 is 0 Å². The Balaban J connectivity index is 2.19. The quantitative estimate of drug-likeness (QED) is 0.826. The van der Waals surface area contributed by atoms with Gasteiger partial charge in [0.2, 0.25) is 5.91 Å². The second-order valence-electron chi connectivity index (χ2n) is 4.70. The van der Waals surface area contributed by atoms with Gasteiger partial charge in [0, 0.05) is 5.92 Å². The lowest BCUT2D eigenvalue weighted by molar-refractivity contribution is -0.122. The van der Waals surface area contributed by atoms with Gasteiger partial charge in [-0.3, -0.25) is 4.79 Å². The maximum Gasteiger partial charge on any atom is 0.223 e. The van der Waals surface area contributed by atoms with E-state index in [0.717, 1.165) is 24.0 Å². The molecule has 18 heavy (non-hydrogen) atoms. The van der Waals surface area contributed by atoms with Crippen LogP contribution in [-0.2, 0) is 4.79 Å². The largest absolute Gasteiger partial charge is 0.349 e. The molecule has 0 aliphatic carbocycles. The summed E-state index contributed by atoms with van der Waals surface area (Å²) in [5, 5.41) is 11.9. The highest BCUT2D eigenvalue weighted by molar-refractivity contribution is 5.81. The molecule has 1 saturated heterocycles. The molecule has 1 aromatic rings. The highest BCUT2D eigenvalue weighted by Gasteiger charge is 2.31. The van der Waals surface area contributed by atoms with Crippen LogP contribution in [-0.4, -0.2) is 5.91 Å². The Morgan fingerprint density at radius 1 is 1.61 bits per heavy atom. The van der Waals surface area contributed by atoms with E-state index in [4.69, 9.17) is 5.26 Å². The van der Waals surface area contributed by atoms with Gasteiger partial charge in [0.05, 0.1) is 17.7 Å². The minimum atomic E-state index is 0.0310. The second kappa shape index (κ2) is 5.05. The van der Waals surface area contributed by atoms with E-state index in [2.05, 4.69) is 18.0 Å². The average Bonchev–Trinajstić information content (AvgIpc) is 2.71. The Hall–Kier alpha value is -2.08. The number of hydrogen-bond acceptors (Lipinski definition) is 2. The molecule has 0 spiro atoms. The van der Waals surface area contributed by atoms with Crippen molar-refractivity contribution in [1.82, 2.24) is 5.32 Å². The lowest BCUT2D eigenvalue weighted by Gasteiger charge is -2.11. The molecule has 0 saturated carbocycles. The first-order valence-corrected chi connectivity index (χ1v) is 6.07. The number of allylic oxidation sites excluding steroid dienone is 1. The van der Waals surface area contributed by atoms with Crippen LogP contribution in [0.4, 0.5) is 0 Å². The van der Waals surface area contributed by atoms with Crippen molar-refractivity contribution in [1.29, 1.82) is 5.26 Å². The van der Waals surface area contributed by atoms with Crippen molar-refractivity contribution in [3.8, 4) is 6.07 Å². The monoisotopic (exact) mass is 240 g/mol. The number of nitrogens with one attached hydrogen (secondary N) is 1. The predicted molar refractivity (Wildman–Crippen MR) is 69.7 cm³/mol. The van der Waals surface area contributed by atoms with E-state index in [1.165, 1.54) is 0 Å². The van der Waals surface area contributed by atoms with Gasteiger partial charge in [0.1, 0.15) is 0 Å². The molecule has 0 radical (unpaired) electrons. The number of benzene rings is 1. The molecule has 2 atom stereocenters. The fourth-order valence-corrected chi connectivity index (χ4v) is 2.39. The molecule has 2 rings (SSSR count). The molecule has 1 amide bonds. The fourth-order valence-electron chi connectivity index (χ4n) is 2.39. The molecule has 0 bridgehead atoms. The smallest absolute Gasteiger partial charge is 0.223 e. The van der Waals surface area contributed by atoms with Gasteiger partial charge in [-0.1, -0.05) is 18.2 Å². The topological polar surface area (TPSA) is 52.9 Å². The molecule has 3 heteroatoms. The first-order valence-electron chi connectivity index (χ1n) is 6.07. The van der Waals surface area contributed by atoms with E-state index in [-0.39, 0.29) is 17.9 Å². The van der Waals surface area contributed by atoms with Gasteiger partial charge < -0.3 is 5.32 Å². The van der Waals surface area contributed by atoms with Crippen molar-refractivity contribution in [2.75, 3.05) is 0 Å². The van der Waals surface area contributed by atoms with E-state index < -0.39 is 0 Å². The van der Waals surface area contributed by atoms with Crippen LogP contribution < -0.4 is 5.32 Å². The second-order valence-corrected chi connectivity index (χ2v) is 4.70. The lowest BCUT2D eigenvalue weighted by atomic mass is 9.95. The van der Waals surface area contributed by atoms with Crippen molar-refractivity contribution in [2.24, 2.45) is 5.92 Å². The molecule has 1 aromatic carbocycles. The number of rotatable bonds is 3. The third kappa shape index (κ3) is 2.28. The van der Waals surface area contributed by atoms with Gasteiger partial charge in [-0.15, -0.1) is 6.58 Å². The average molecular weight is 240 g/mol. The molecule has 92 valence electrons. The Kier molecular flexibility index (Phi) is 3.47. The van der Waals surface area contributed by atoms with E-state index in [1.807, 2.05) is 25.1 Å². The van der Waals surface area contributed by atoms with E-state index in [0.29, 0.717) is 5.56 Å². The summed E-state index contributed by atoms with van der Waals surface area (Å²) in [4.78, 5) is 11.7. The predicted octanol–water partition coefficient (Wildman–Crippen LogP) is 2.62. The maximum atomic E-state index is 11.7. The first-order chi connectivity index (χ1) is 8.65. The highest BCUT2D eigenvalue weighted by atomic mass is 16.2. The summed E-state index contributed by atoms with van der Waals surface area (Å²) in [6.07, 6.45) is 3.31. The van der Waals surface area contributed by atoms with Crippen molar-refractivity contribution < 1.29 is 4.79 Å². The molecule has 1 fully saturated rings. The summed E-state index contributed by atoms with van der Waals surface area (Å²) in [5.41, 5.74) is 2.72. The van der Waals surface area contributed by atoms with Crippen molar-refractivity contribution in [3.63, 3.8) is 0 Å². The zero-order valence-electron chi connectivity index (χ0n) is 10.4. The third-order valence-corrected chi connectivity index (χ3v) is 3.43. The number of hydrogen-bond donors (Lipinski definition) is 1. The van der Waals surface area contributed by atoms with E-state index in [1.54, 1.807) is 6.08 Å². The Bertz CT molecular complexity index is 528. The molecule has 1 aliphatic rings. The standard InChI is InChI=1S/C15H16N2O/c1-3-4-12-8-14(17-15(12)18)11-5-6-13(9-16)10(2)7-11/h3,5-7,12,14H,1,4,8H2,2H3,(H,17,18). The van der Waals surface area contributed by atoms with Crippen LogP contribution in [0.5, 0.6) is 0 Å². The number of amides is 1. The van der Waals surface area contributed by atoms with Crippen molar-refractivity contribution in [2.45, 2.75) is 25.8 Å². The molecule has 1 aliphatic heterocycles. The highest BCUT2D eigenvalue weighted by Crippen LogP contribution is 2.30. The van der Waals surface area contributed by atoms with Crippen LogP contribution in [0.1, 0.15) is 35.6 Å². The van der Waals surface area contributed by atoms with Crippen LogP contribution in [0.15, 0.2) is 30.9 Å². The van der Waals surface area contributed by atoms with Crippen LogP contribution in [0.2, 0.25) is 0 Å². The van der Waals surface area contributed by atoms with Gasteiger partial charge in [0.25, 0.3) is 0 Å². The molecule has 2 unspecified atom stereocenters. The van der Waals surface area contributed by atoms with Gasteiger partial charge in [-0.05, 0) is 37.0 Å². The van der Waals surface area contributed by atoms with Gasteiger partial charge in [-0.25, -0.2) is 0 Å². The third-order valence-electron chi connectivity index (χ3n) is 3.43. The minimum Gasteiger partial charge on any atom is -0.349 e. The zero-order chi connectivity index (χ0) is 13.1. The Morgan fingerprint density at radius 3 is 3.00 bits per heavy atom. The maximum absolute atomic E-state index is 11.7. The summed E-state index contributed by atoms with van der Waals surface area (Å²) in [6, 6.07) is 7.94. The summed E-state index contributed by atoms with van der Waals surface area (Å²) < 4.78 is 0. The fraction of sp³-hybridized carbons (Fsp3) is 0.333. The summed E-state index contributed by atoms with van der Waals surface area (Å²) >= 11 is 0. The first kappa shape index (κ1) is 12.4. The summed E-state index contributed by atoms with van der Waals surface area (Å²) in [5.74, 6) is 0.130. The number of carbonyl (C=O) groups excluding carboxylic acids is 1. The minimum absolute atomic E-state index is 0.0310. The van der Waals surface area contributed by atoms with E-state index in [9.17, 15) is 4.79 Å². The molecule has 1 heterocycles. The molecular formula is C15H16N2O. The molecule has 0 aromatic heterocycles. The van der Waals surface area contributed by atoms with Crippen LogP contribution in [0, 0.1) is 24.2 Å². The molecular weight excluding hydrogens is 224 g/mol. The van der Waals surface area contributed by atoms with Crippen LogP contribution in [0.3, 0.4) is 0 Å². The number of carbonyl (C=O) groups is 1. The molecule has 1 N–H and O–H groups in total.